The van der Waals surface area contributed by atoms with Crippen molar-refractivity contribution >= 4 is 16.8 Å². The summed E-state index contributed by atoms with van der Waals surface area (Å²) in [5.74, 6) is -0.168. The highest BCUT2D eigenvalue weighted by Crippen LogP contribution is 2.17. The monoisotopic (exact) mass is 336 g/mol. The van der Waals surface area contributed by atoms with Crippen molar-refractivity contribution in [1.82, 2.24) is 19.7 Å². The third-order valence-corrected chi connectivity index (χ3v) is 4.29. The number of carbonyl (C=O) groups is 1. The van der Waals surface area contributed by atoms with Crippen LogP contribution in [0, 0.1) is 13.8 Å². The van der Waals surface area contributed by atoms with Crippen LogP contribution in [0.25, 0.3) is 10.9 Å². The molecule has 0 atom stereocenters. The standard InChI is InChI=1S/C19H20N4O2/c1-13-10-18(24)23(21-14(13)2)12-19(25)22(3)11-15-6-4-8-17-16(15)7-5-9-20-17/h4-10H,11-12H2,1-3H3. The normalized spacial score (nSPS) is 10.8. The minimum Gasteiger partial charge on any atom is -0.340 e. The lowest BCUT2D eigenvalue weighted by Gasteiger charge is -2.19. The van der Waals surface area contributed by atoms with Crippen LogP contribution >= 0.6 is 0 Å². The van der Waals surface area contributed by atoms with E-state index in [2.05, 4.69) is 10.1 Å². The summed E-state index contributed by atoms with van der Waals surface area (Å²) in [5, 5.41) is 5.22. The van der Waals surface area contributed by atoms with Crippen molar-refractivity contribution in [3.8, 4) is 0 Å². The number of rotatable bonds is 4. The fraction of sp³-hybridized carbons (Fsp3) is 0.263. The van der Waals surface area contributed by atoms with Gasteiger partial charge in [-0.2, -0.15) is 5.10 Å². The molecule has 0 saturated carbocycles. The molecule has 25 heavy (non-hydrogen) atoms. The van der Waals surface area contributed by atoms with Crippen LogP contribution in [0.15, 0.2) is 47.4 Å². The Morgan fingerprint density at radius 3 is 2.80 bits per heavy atom. The Morgan fingerprint density at radius 1 is 1.20 bits per heavy atom. The first-order chi connectivity index (χ1) is 12.0. The molecule has 0 unspecified atom stereocenters. The molecule has 6 nitrogen and oxygen atoms in total. The minimum absolute atomic E-state index is 0.0700. The van der Waals surface area contributed by atoms with Gasteiger partial charge in [-0.15, -0.1) is 0 Å². The first kappa shape index (κ1) is 16.8. The first-order valence-electron chi connectivity index (χ1n) is 8.07. The number of pyridine rings is 1. The Labute approximate surface area is 145 Å². The SMILES string of the molecule is Cc1cc(=O)n(CC(=O)N(C)Cc2cccc3ncccc23)nc1C. The Bertz CT molecular complexity index is 989. The average Bonchev–Trinajstić information content (AvgIpc) is 2.60. The third kappa shape index (κ3) is 3.57. The van der Waals surface area contributed by atoms with Crippen molar-refractivity contribution in [3.05, 3.63) is 69.8 Å². The van der Waals surface area contributed by atoms with Crippen LogP contribution in [-0.4, -0.2) is 32.6 Å². The van der Waals surface area contributed by atoms with Gasteiger partial charge in [0.2, 0.25) is 5.91 Å². The average molecular weight is 336 g/mol. The molecule has 0 saturated heterocycles. The predicted octanol–water partition coefficient (Wildman–Crippen LogP) is 2.07. The zero-order chi connectivity index (χ0) is 18.0. The Kier molecular flexibility index (Phi) is 4.61. The molecule has 2 heterocycles. The van der Waals surface area contributed by atoms with Gasteiger partial charge in [0.05, 0.1) is 11.2 Å². The molecule has 0 spiro atoms. The van der Waals surface area contributed by atoms with Gasteiger partial charge >= 0.3 is 0 Å². The molecule has 1 amide bonds. The number of hydrogen-bond acceptors (Lipinski definition) is 4. The summed E-state index contributed by atoms with van der Waals surface area (Å²) in [6.07, 6.45) is 1.75. The van der Waals surface area contributed by atoms with E-state index >= 15 is 0 Å². The van der Waals surface area contributed by atoms with Crippen molar-refractivity contribution in [2.75, 3.05) is 7.05 Å². The fourth-order valence-corrected chi connectivity index (χ4v) is 2.68. The summed E-state index contributed by atoms with van der Waals surface area (Å²) in [4.78, 5) is 30.5. The summed E-state index contributed by atoms with van der Waals surface area (Å²) in [6, 6.07) is 11.2. The summed E-state index contributed by atoms with van der Waals surface area (Å²) in [6.45, 7) is 4.03. The lowest BCUT2D eigenvalue weighted by atomic mass is 10.1. The van der Waals surface area contributed by atoms with Crippen LogP contribution < -0.4 is 5.56 Å². The number of nitrogens with zero attached hydrogens (tertiary/aromatic N) is 4. The van der Waals surface area contributed by atoms with Gasteiger partial charge in [0.25, 0.3) is 5.56 Å². The fourth-order valence-electron chi connectivity index (χ4n) is 2.68. The quantitative estimate of drug-likeness (QED) is 0.731. The molecule has 0 fully saturated rings. The molecule has 0 radical (unpaired) electrons. The van der Waals surface area contributed by atoms with Gasteiger partial charge in [0.15, 0.2) is 0 Å². The van der Waals surface area contributed by atoms with Crippen LogP contribution in [0.2, 0.25) is 0 Å². The summed E-state index contributed by atoms with van der Waals surface area (Å²) in [5.41, 5.74) is 3.22. The number of aromatic nitrogens is 3. The lowest BCUT2D eigenvalue weighted by Crippen LogP contribution is -2.35. The molecular weight excluding hydrogens is 316 g/mol. The molecule has 0 aliphatic rings. The minimum atomic E-state index is -0.265. The zero-order valence-electron chi connectivity index (χ0n) is 14.6. The van der Waals surface area contributed by atoms with Crippen molar-refractivity contribution in [1.29, 1.82) is 0 Å². The smallest absolute Gasteiger partial charge is 0.267 e. The van der Waals surface area contributed by atoms with E-state index in [1.54, 1.807) is 18.1 Å². The number of carbonyl (C=O) groups excluding carboxylic acids is 1. The van der Waals surface area contributed by atoms with E-state index in [1.165, 1.54) is 10.7 Å². The molecule has 6 heteroatoms. The van der Waals surface area contributed by atoms with E-state index in [4.69, 9.17) is 0 Å². The van der Waals surface area contributed by atoms with E-state index in [9.17, 15) is 9.59 Å². The molecule has 3 rings (SSSR count). The maximum absolute atomic E-state index is 12.5. The Morgan fingerprint density at radius 2 is 2.00 bits per heavy atom. The molecule has 0 bridgehead atoms. The van der Waals surface area contributed by atoms with E-state index in [0.29, 0.717) is 6.54 Å². The number of benzene rings is 1. The first-order valence-corrected chi connectivity index (χ1v) is 8.07. The molecule has 0 aliphatic heterocycles. The van der Waals surface area contributed by atoms with Gasteiger partial charge in [0, 0.05) is 31.2 Å². The van der Waals surface area contributed by atoms with E-state index in [1.807, 2.05) is 44.2 Å². The molecule has 0 aliphatic carbocycles. The van der Waals surface area contributed by atoms with E-state index in [0.717, 1.165) is 27.7 Å². The number of hydrogen-bond donors (Lipinski definition) is 0. The number of likely N-dealkylation sites (N-methyl/N-ethyl adjacent to an activating group) is 1. The van der Waals surface area contributed by atoms with Crippen LogP contribution in [0.5, 0.6) is 0 Å². The van der Waals surface area contributed by atoms with Crippen LogP contribution in [-0.2, 0) is 17.9 Å². The van der Waals surface area contributed by atoms with Crippen molar-refractivity contribution in [2.24, 2.45) is 0 Å². The number of aryl methyl sites for hydroxylation is 2. The molecule has 2 aromatic heterocycles. The summed E-state index contributed by atoms with van der Waals surface area (Å²) in [7, 11) is 1.73. The molecule has 3 aromatic rings. The number of amides is 1. The molecule has 128 valence electrons. The van der Waals surface area contributed by atoms with Gasteiger partial charge in [-0.3, -0.25) is 14.6 Å². The highest BCUT2D eigenvalue weighted by Gasteiger charge is 2.14. The lowest BCUT2D eigenvalue weighted by molar-refractivity contribution is -0.131. The van der Waals surface area contributed by atoms with Crippen LogP contribution in [0.1, 0.15) is 16.8 Å². The molecule has 0 N–H and O–H groups in total. The van der Waals surface area contributed by atoms with Gasteiger partial charge < -0.3 is 4.90 Å². The Balaban J connectivity index is 1.79. The maximum Gasteiger partial charge on any atom is 0.267 e. The van der Waals surface area contributed by atoms with Gasteiger partial charge in [0.1, 0.15) is 6.54 Å². The zero-order valence-corrected chi connectivity index (χ0v) is 14.6. The Hall–Kier alpha value is -3.02. The maximum atomic E-state index is 12.5. The van der Waals surface area contributed by atoms with E-state index in [-0.39, 0.29) is 18.0 Å². The number of fused-ring (bicyclic) bond motifs is 1. The summed E-state index contributed by atoms with van der Waals surface area (Å²) >= 11 is 0. The summed E-state index contributed by atoms with van der Waals surface area (Å²) < 4.78 is 1.21. The van der Waals surface area contributed by atoms with Crippen molar-refractivity contribution < 1.29 is 4.79 Å². The second-order valence-electron chi connectivity index (χ2n) is 6.15. The van der Waals surface area contributed by atoms with Crippen molar-refractivity contribution in [3.63, 3.8) is 0 Å². The van der Waals surface area contributed by atoms with E-state index < -0.39 is 0 Å². The topological polar surface area (TPSA) is 68.1 Å². The van der Waals surface area contributed by atoms with Crippen LogP contribution in [0.4, 0.5) is 0 Å². The van der Waals surface area contributed by atoms with Gasteiger partial charge in [-0.25, -0.2) is 4.68 Å². The second kappa shape index (κ2) is 6.84. The highest BCUT2D eigenvalue weighted by molar-refractivity contribution is 5.83. The largest absolute Gasteiger partial charge is 0.340 e. The predicted molar refractivity (Wildman–Crippen MR) is 96.2 cm³/mol. The van der Waals surface area contributed by atoms with Gasteiger partial charge in [-0.1, -0.05) is 18.2 Å². The molecule has 1 aromatic carbocycles. The molecular formula is C19H20N4O2. The van der Waals surface area contributed by atoms with Gasteiger partial charge in [-0.05, 0) is 37.1 Å². The second-order valence-corrected chi connectivity index (χ2v) is 6.15. The third-order valence-electron chi connectivity index (χ3n) is 4.29. The highest BCUT2D eigenvalue weighted by atomic mass is 16.2. The van der Waals surface area contributed by atoms with Crippen LogP contribution in [0.3, 0.4) is 0 Å². The van der Waals surface area contributed by atoms with Crippen molar-refractivity contribution in [2.45, 2.75) is 26.9 Å².